The molecule has 0 aliphatic rings. The maximum absolute atomic E-state index is 9.93. The van der Waals surface area contributed by atoms with Crippen molar-refractivity contribution in [3.63, 3.8) is 0 Å². The van der Waals surface area contributed by atoms with Gasteiger partial charge in [-0.3, -0.25) is 0 Å². The summed E-state index contributed by atoms with van der Waals surface area (Å²) in [4.78, 5) is 6.49. The Kier molecular flexibility index (Phi) is 3.22. The maximum atomic E-state index is 9.93. The van der Waals surface area contributed by atoms with Crippen LogP contribution in [0.3, 0.4) is 0 Å². The number of phenols is 1. The Bertz CT molecular complexity index is 567. The highest BCUT2D eigenvalue weighted by molar-refractivity contribution is 6.33. The molecular weight excluding hydrogens is 236 g/mol. The van der Waals surface area contributed by atoms with E-state index in [0.717, 1.165) is 23.2 Å². The molecule has 0 spiro atoms. The molecule has 0 saturated carbocycles. The topological polar surface area (TPSA) is 36.4 Å². The van der Waals surface area contributed by atoms with Gasteiger partial charge in [-0.15, -0.1) is 0 Å². The van der Waals surface area contributed by atoms with Gasteiger partial charge in [0.25, 0.3) is 0 Å². The Balaban J connectivity index is 2.63. The van der Waals surface area contributed by atoms with Crippen LogP contribution in [0, 0.1) is 6.92 Å². The summed E-state index contributed by atoms with van der Waals surface area (Å²) < 4.78 is 0. The minimum Gasteiger partial charge on any atom is -0.504 e. The lowest BCUT2D eigenvalue weighted by Gasteiger charge is -2.11. The van der Waals surface area contributed by atoms with E-state index in [0.29, 0.717) is 10.5 Å². The monoisotopic (exact) mass is 250 g/mol. The van der Waals surface area contributed by atoms with Gasteiger partial charge in [-0.1, -0.05) is 17.7 Å². The molecule has 1 aromatic carbocycles. The fraction of sp³-hybridized carbons (Fsp3) is 0.308. The molecule has 0 fully saturated rings. The van der Waals surface area contributed by atoms with Crippen LogP contribution in [0.25, 0.3) is 10.9 Å². The molecule has 17 heavy (non-hydrogen) atoms. The molecule has 4 heteroatoms. The van der Waals surface area contributed by atoms with Crippen molar-refractivity contribution in [3.05, 3.63) is 34.5 Å². The van der Waals surface area contributed by atoms with Crippen LogP contribution in [0.1, 0.15) is 11.3 Å². The molecule has 2 rings (SSSR count). The minimum absolute atomic E-state index is 0.0628. The summed E-state index contributed by atoms with van der Waals surface area (Å²) in [6, 6.07) is 5.71. The van der Waals surface area contributed by atoms with Crippen molar-refractivity contribution >= 4 is 22.5 Å². The molecule has 3 nitrogen and oxygen atoms in total. The van der Waals surface area contributed by atoms with E-state index in [9.17, 15) is 5.11 Å². The van der Waals surface area contributed by atoms with E-state index in [4.69, 9.17) is 11.6 Å². The summed E-state index contributed by atoms with van der Waals surface area (Å²) >= 11 is 5.95. The van der Waals surface area contributed by atoms with Gasteiger partial charge in [0.05, 0.1) is 10.7 Å². The fourth-order valence-corrected chi connectivity index (χ4v) is 2.11. The number of benzene rings is 1. The quantitative estimate of drug-likeness (QED) is 0.890. The predicted octanol–water partition coefficient (Wildman–Crippen LogP) is 2.96. The molecule has 0 atom stereocenters. The summed E-state index contributed by atoms with van der Waals surface area (Å²) in [5.41, 5.74) is 2.51. The van der Waals surface area contributed by atoms with E-state index in [1.807, 2.05) is 38.1 Å². The second-order valence-electron chi connectivity index (χ2n) is 4.46. The SMILES string of the molecule is Cc1cc(Cl)c(O)c2nc(CN(C)C)ccc12. The number of aryl methyl sites for hydroxylation is 1. The smallest absolute Gasteiger partial charge is 0.160 e. The number of pyridine rings is 1. The molecule has 0 saturated heterocycles. The van der Waals surface area contributed by atoms with Gasteiger partial charge in [0.15, 0.2) is 5.75 Å². The lowest BCUT2D eigenvalue weighted by molar-refractivity contribution is 0.397. The number of hydrogen-bond donors (Lipinski definition) is 1. The number of fused-ring (bicyclic) bond motifs is 1. The molecular formula is C13H15ClN2O. The molecule has 0 bridgehead atoms. The fourth-order valence-electron chi connectivity index (χ4n) is 1.86. The average Bonchev–Trinajstić information content (AvgIpc) is 2.25. The number of aromatic hydroxyl groups is 1. The van der Waals surface area contributed by atoms with Crippen LogP contribution in [0.4, 0.5) is 0 Å². The van der Waals surface area contributed by atoms with E-state index >= 15 is 0 Å². The summed E-state index contributed by atoms with van der Waals surface area (Å²) in [6.45, 7) is 2.70. The summed E-state index contributed by atoms with van der Waals surface area (Å²) in [5, 5.41) is 11.2. The van der Waals surface area contributed by atoms with Crippen LogP contribution in [-0.2, 0) is 6.54 Å². The lowest BCUT2D eigenvalue weighted by Crippen LogP contribution is -2.11. The number of hydrogen-bond acceptors (Lipinski definition) is 3. The number of nitrogens with zero attached hydrogens (tertiary/aromatic N) is 2. The van der Waals surface area contributed by atoms with Crippen molar-refractivity contribution in [2.75, 3.05) is 14.1 Å². The molecule has 0 unspecified atom stereocenters. The molecule has 1 heterocycles. The van der Waals surface area contributed by atoms with Crippen LogP contribution >= 0.6 is 11.6 Å². The average molecular weight is 251 g/mol. The molecule has 90 valence electrons. The standard InChI is InChI=1S/C13H15ClN2O/c1-8-6-11(14)13(17)12-10(8)5-4-9(15-12)7-16(2)3/h4-6,17H,7H2,1-3H3. The van der Waals surface area contributed by atoms with Crippen molar-refractivity contribution in [1.82, 2.24) is 9.88 Å². The molecule has 0 radical (unpaired) electrons. The number of halogens is 1. The van der Waals surface area contributed by atoms with Crippen LogP contribution in [0.2, 0.25) is 5.02 Å². The lowest BCUT2D eigenvalue weighted by atomic mass is 10.1. The Morgan fingerprint density at radius 1 is 1.35 bits per heavy atom. The van der Waals surface area contributed by atoms with E-state index < -0.39 is 0 Å². The van der Waals surface area contributed by atoms with E-state index in [1.165, 1.54) is 0 Å². The highest BCUT2D eigenvalue weighted by Gasteiger charge is 2.10. The van der Waals surface area contributed by atoms with E-state index in [2.05, 4.69) is 4.98 Å². The predicted molar refractivity (Wildman–Crippen MR) is 70.5 cm³/mol. The van der Waals surface area contributed by atoms with Crippen LogP contribution < -0.4 is 0 Å². The molecule has 0 aliphatic heterocycles. The number of rotatable bonds is 2. The number of phenolic OH excluding ortho intramolecular Hbond substituents is 1. The van der Waals surface area contributed by atoms with Crippen molar-refractivity contribution in [2.45, 2.75) is 13.5 Å². The van der Waals surface area contributed by atoms with Gasteiger partial charge < -0.3 is 10.0 Å². The third-order valence-electron chi connectivity index (χ3n) is 2.65. The molecule has 0 aliphatic carbocycles. The minimum atomic E-state index is 0.0628. The van der Waals surface area contributed by atoms with Crippen LogP contribution in [0.5, 0.6) is 5.75 Å². The van der Waals surface area contributed by atoms with Gasteiger partial charge in [0, 0.05) is 11.9 Å². The normalized spacial score (nSPS) is 11.4. The Hall–Kier alpha value is -1.32. The first kappa shape index (κ1) is 12.1. The van der Waals surface area contributed by atoms with Gasteiger partial charge in [-0.25, -0.2) is 4.98 Å². The van der Waals surface area contributed by atoms with E-state index in [1.54, 1.807) is 6.07 Å². The van der Waals surface area contributed by atoms with Crippen molar-refractivity contribution in [1.29, 1.82) is 0 Å². The largest absolute Gasteiger partial charge is 0.504 e. The third-order valence-corrected chi connectivity index (χ3v) is 2.94. The summed E-state index contributed by atoms with van der Waals surface area (Å²) in [7, 11) is 3.96. The highest BCUT2D eigenvalue weighted by Crippen LogP contribution is 2.33. The highest BCUT2D eigenvalue weighted by atomic mass is 35.5. The summed E-state index contributed by atoms with van der Waals surface area (Å²) in [5.74, 6) is 0.0628. The van der Waals surface area contributed by atoms with Gasteiger partial charge >= 0.3 is 0 Å². The van der Waals surface area contributed by atoms with Gasteiger partial charge in [-0.05, 0) is 38.7 Å². The molecule has 1 N–H and O–H groups in total. The zero-order valence-corrected chi connectivity index (χ0v) is 10.9. The third kappa shape index (κ3) is 2.35. The number of aromatic nitrogens is 1. The second kappa shape index (κ2) is 4.51. The maximum Gasteiger partial charge on any atom is 0.160 e. The first-order valence-corrected chi connectivity index (χ1v) is 5.79. The van der Waals surface area contributed by atoms with Crippen LogP contribution in [0.15, 0.2) is 18.2 Å². The Labute approximate surface area is 106 Å². The first-order valence-electron chi connectivity index (χ1n) is 5.41. The molecule has 0 amide bonds. The molecule has 1 aromatic heterocycles. The van der Waals surface area contributed by atoms with Crippen molar-refractivity contribution in [3.8, 4) is 5.75 Å². The van der Waals surface area contributed by atoms with Crippen LogP contribution in [-0.4, -0.2) is 29.1 Å². The van der Waals surface area contributed by atoms with Gasteiger partial charge in [-0.2, -0.15) is 0 Å². The van der Waals surface area contributed by atoms with Crippen molar-refractivity contribution in [2.24, 2.45) is 0 Å². The zero-order chi connectivity index (χ0) is 12.6. The zero-order valence-electron chi connectivity index (χ0n) is 10.2. The Morgan fingerprint density at radius 3 is 2.71 bits per heavy atom. The van der Waals surface area contributed by atoms with E-state index in [-0.39, 0.29) is 5.75 Å². The molecule has 2 aromatic rings. The van der Waals surface area contributed by atoms with Gasteiger partial charge in [0.2, 0.25) is 0 Å². The Morgan fingerprint density at radius 2 is 2.06 bits per heavy atom. The van der Waals surface area contributed by atoms with Crippen molar-refractivity contribution < 1.29 is 5.11 Å². The van der Waals surface area contributed by atoms with Gasteiger partial charge in [0.1, 0.15) is 5.52 Å². The first-order chi connectivity index (χ1) is 7.99. The second-order valence-corrected chi connectivity index (χ2v) is 4.87. The summed E-state index contributed by atoms with van der Waals surface area (Å²) in [6.07, 6.45) is 0.